The van der Waals surface area contributed by atoms with E-state index in [1.807, 2.05) is 19.1 Å². The Morgan fingerprint density at radius 3 is 2.84 bits per heavy atom. The molecule has 0 bridgehead atoms. The summed E-state index contributed by atoms with van der Waals surface area (Å²) in [6, 6.07) is 6.02. The summed E-state index contributed by atoms with van der Waals surface area (Å²) >= 11 is 1.78. The van der Waals surface area contributed by atoms with E-state index in [4.69, 9.17) is 0 Å². The van der Waals surface area contributed by atoms with Crippen LogP contribution in [0, 0.1) is 13.8 Å². The molecule has 1 saturated heterocycles. The van der Waals surface area contributed by atoms with Crippen molar-refractivity contribution in [1.82, 2.24) is 5.32 Å². The molecule has 0 unspecified atom stereocenters. The quantitative estimate of drug-likeness (QED) is 0.890. The zero-order valence-electron chi connectivity index (χ0n) is 11.7. The highest BCUT2D eigenvalue weighted by Gasteiger charge is 2.15. The van der Waals surface area contributed by atoms with Gasteiger partial charge in [0.05, 0.1) is 5.75 Å². The Hall–Kier alpha value is -1.00. The standard InChI is InChI=1S/C15H22N2OS/c1-11-4-3-5-14(12(11)2)17-15(18)10-19-13-6-8-16-9-7-13/h3-5,13,16H,6-10H2,1-2H3,(H,17,18). The van der Waals surface area contributed by atoms with E-state index in [1.54, 1.807) is 11.8 Å². The molecule has 1 amide bonds. The fourth-order valence-corrected chi connectivity index (χ4v) is 3.26. The van der Waals surface area contributed by atoms with Gasteiger partial charge in [0.25, 0.3) is 0 Å². The Labute approximate surface area is 119 Å². The summed E-state index contributed by atoms with van der Waals surface area (Å²) in [6.45, 7) is 6.27. The maximum Gasteiger partial charge on any atom is 0.234 e. The van der Waals surface area contributed by atoms with Crippen LogP contribution in [-0.4, -0.2) is 30.0 Å². The molecule has 0 aliphatic carbocycles. The molecule has 0 spiro atoms. The Morgan fingerprint density at radius 2 is 2.11 bits per heavy atom. The number of amides is 1. The van der Waals surface area contributed by atoms with Gasteiger partial charge in [-0.15, -0.1) is 11.8 Å². The molecule has 0 atom stereocenters. The number of hydrogen-bond donors (Lipinski definition) is 2. The van der Waals surface area contributed by atoms with Crippen molar-refractivity contribution in [2.45, 2.75) is 31.9 Å². The van der Waals surface area contributed by atoms with Crippen LogP contribution in [0.2, 0.25) is 0 Å². The molecule has 0 radical (unpaired) electrons. The van der Waals surface area contributed by atoms with Crippen LogP contribution in [0.4, 0.5) is 5.69 Å². The molecule has 0 saturated carbocycles. The van der Waals surface area contributed by atoms with E-state index in [-0.39, 0.29) is 5.91 Å². The molecule has 1 heterocycles. The molecule has 1 aromatic carbocycles. The number of benzene rings is 1. The van der Waals surface area contributed by atoms with Crippen LogP contribution in [0.15, 0.2) is 18.2 Å². The second-order valence-electron chi connectivity index (χ2n) is 5.06. The average molecular weight is 278 g/mol. The summed E-state index contributed by atoms with van der Waals surface area (Å²) in [4.78, 5) is 12.0. The van der Waals surface area contributed by atoms with Gasteiger partial charge in [-0.1, -0.05) is 12.1 Å². The zero-order valence-corrected chi connectivity index (χ0v) is 12.5. The van der Waals surface area contributed by atoms with Crippen molar-refractivity contribution in [1.29, 1.82) is 0 Å². The Kier molecular flexibility index (Phi) is 5.28. The van der Waals surface area contributed by atoms with E-state index in [2.05, 4.69) is 23.6 Å². The molecule has 0 aromatic heterocycles. The second-order valence-corrected chi connectivity index (χ2v) is 6.34. The van der Waals surface area contributed by atoms with E-state index in [9.17, 15) is 4.79 Å². The van der Waals surface area contributed by atoms with E-state index in [0.29, 0.717) is 11.0 Å². The highest BCUT2D eigenvalue weighted by atomic mass is 32.2. The number of hydrogen-bond acceptors (Lipinski definition) is 3. The van der Waals surface area contributed by atoms with Gasteiger partial charge in [0, 0.05) is 10.9 Å². The lowest BCUT2D eigenvalue weighted by Gasteiger charge is -2.21. The summed E-state index contributed by atoms with van der Waals surface area (Å²) in [5, 5.41) is 6.99. The lowest BCUT2D eigenvalue weighted by atomic mass is 10.1. The Morgan fingerprint density at radius 1 is 1.37 bits per heavy atom. The number of carbonyl (C=O) groups is 1. The lowest BCUT2D eigenvalue weighted by molar-refractivity contribution is -0.113. The Bertz CT molecular complexity index is 442. The minimum atomic E-state index is 0.109. The topological polar surface area (TPSA) is 41.1 Å². The largest absolute Gasteiger partial charge is 0.325 e. The summed E-state index contributed by atoms with van der Waals surface area (Å²) in [5.74, 6) is 0.662. The fraction of sp³-hybridized carbons (Fsp3) is 0.533. The van der Waals surface area contributed by atoms with Gasteiger partial charge in [-0.3, -0.25) is 4.79 Å². The number of piperidine rings is 1. The van der Waals surface area contributed by atoms with Crippen molar-refractivity contribution in [3.63, 3.8) is 0 Å². The monoisotopic (exact) mass is 278 g/mol. The molecule has 3 nitrogen and oxygen atoms in total. The Balaban J connectivity index is 1.82. The summed E-state index contributed by atoms with van der Waals surface area (Å²) in [7, 11) is 0. The van der Waals surface area contributed by atoms with Crippen LogP contribution < -0.4 is 10.6 Å². The summed E-state index contributed by atoms with van der Waals surface area (Å²) in [5.41, 5.74) is 3.31. The van der Waals surface area contributed by atoms with Crippen molar-refractivity contribution in [3.05, 3.63) is 29.3 Å². The number of rotatable bonds is 4. The normalized spacial score (nSPS) is 16.3. The number of aryl methyl sites for hydroxylation is 1. The average Bonchev–Trinajstić information content (AvgIpc) is 2.43. The van der Waals surface area contributed by atoms with Crippen LogP contribution in [0.3, 0.4) is 0 Å². The van der Waals surface area contributed by atoms with Crippen molar-refractivity contribution in [2.24, 2.45) is 0 Å². The molecule has 104 valence electrons. The first-order valence-corrected chi connectivity index (χ1v) is 7.90. The van der Waals surface area contributed by atoms with Gasteiger partial charge in [-0.25, -0.2) is 0 Å². The van der Waals surface area contributed by atoms with Crippen molar-refractivity contribution in [3.8, 4) is 0 Å². The van der Waals surface area contributed by atoms with Gasteiger partial charge >= 0.3 is 0 Å². The van der Waals surface area contributed by atoms with Crippen molar-refractivity contribution < 1.29 is 4.79 Å². The highest BCUT2D eigenvalue weighted by molar-refractivity contribution is 8.00. The molecule has 1 aliphatic heterocycles. The molecule has 2 N–H and O–H groups in total. The van der Waals surface area contributed by atoms with Crippen molar-refractivity contribution >= 4 is 23.4 Å². The van der Waals surface area contributed by atoms with Crippen LogP contribution in [0.25, 0.3) is 0 Å². The smallest absolute Gasteiger partial charge is 0.234 e. The number of thioether (sulfide) groups is 1. The van der Waals surface area contributed by atoms with Gasteiger partial charge in [-0.2, -0.15) is 0 Å². The summed E-state index contributed by atoms with van der Waals surface area (Å²) in [6.07, 6.45) is 2.34. The highest BCUT2D eigenvalue weighted by Crippen LogP contribution is 2.21. The molecule has 19 heavy (non-hydrogen) atoms. The predicted molar refractivity (Wildman–Crippen MR) is 82.9 cm³/mol. The first-order chi connectivity index (χ1) is 9.16. The van der Waals surface area contributed by atoms with Gasteiger partial charge in [0.15, 0.2) is 0 Å². The fourth-order valence-electron chi connectivity index (χ4n) is 2.23. The predicted octanol–water partition coefficient (Wildman–Crippen LogP) is 2.73. The number of carbonyl (C=O) groups excluding carboxylic acids is 1. The van der Waals surface area contributed by atoms with Gasteiger partial charge in [-0.05, 0) is 57.0 Å². The van der Waals surface area contributed by atoms with E-state index in [1.165, 1.54) is 18.4 Å². The van der Waals surface area contributed by atoms with Gasteiger partial charge < -0.3 is 10.6 Å². The van der Waals surface area contributed by atoms with Gasteiger partial charge in [0.2, 0.25) is 5.91 Å². The van der Waals surface area contributed by atoms with Crippen LogP contribution in [-0.2, 0) is 4.79 Å². The van der Waals surface area contributed by atoms with Crippen LogP contribution in [0.5, 0.6) is 0 Å². The molecular weight excluding hydrogens is 256 g/mol. The minimum absolute atomic E-state index is 0.109. The zero-order chi connectivity index (χ0) is 13.7. The second kappa shape index (κ2) is 6.96. The molecule has 1 aromatic rings. The van der Waals surface area contributed by atoms with E-state index >= 15 is 0 Å². The lowest BCUT2D eigenvalue weighted by Crippen LogP contribution is -2.30. The third kappa shape index (κ3) is 4.25. The van der Waals surface area contributed by atoms with E-state index in [0.717, 1.165) is 24.3 Å². The molecular formula is C15H22N2OS. The van der Waals surface area contributed by atoms with Crippen molar-refractivity contribution in [2.75, 3.05) is 24.2 Å². The first-order valence-electron chi connectivity index (χ1n) is 6.85. The number of nitrogens with one attached hydrogen (secondary N) is 2. The third-order valence-corrected chi connectivity index (χ3v) is 4.99. The SMILES string of the molecule is Cc1cccc(NC(=O)CSC2CCNCC2)c1C. The molecule has 1 aliphatic rings. The maximum atomic E-state index is 12.0. The van der Waals surface area contributed by atoms with Crippen LogP contribution in [0.1, 0.15) is 24.0 Å². The molecule has 1 fully saturated rings. The first kappa shape index (κ1) is 14.4. The number of anilines is 1. The summed E-state index contributed by atoms with van der Waals surface area (Å²) < 4.78 is 0. The van der Waals surface area contributed by atoms with Gasteiger partial charge in [0.1, 0.15) is 0 Å². The van der Waals surface area contributed by atoms with Crippen LogP contribution >= 0.6 is 11.8 Å². The van der Waals surface area contributed by atoms with E-state index < -0.39 is 0 Å². The maximum absolute atomic E-state index is 12.0. The molecule has 2 rings (SSSR count). The minimum Gasteiger partial charge on any atom is -0.325 e. The third-order valence-electron chi connectivity index (χ3n) is 3.62. The molecule has 4 heteroatoms.